The molecule has 0 unspecified atom stereocenters. The number of hydrogen-bond acceptors (Lipinski definition) is 5. The first-order chi connectivity index (χ1) is 7.81. The smallest absolute Gasteiger partial charge is 0.143 e. The van der Waals surface area contributed by atoms with E-state index in [1.807, 2.05) is 12.1 Å². The van der Waals surface area contributed by atoms with Crippen LogP contribution >= 0.6 is 27.7 Å². The van der Waals surface area contributed by atoms with Gasteiger partial charge in [-0.25, -0.2) is 4.98 Å². The van der Waals surface area contributed by atoms with Crippen molar-refractivity contribution in [3.63, 3.8) is 0 Å². The molecule has 0 amide bonds. The zero-order valence-corrected chi connectivity index (χ0v) is 10.4. The number of aromatic nitrogens is 3. The molecule has 16 heavy (non-hydrogen) atoms. The summed E-state index contributed by atoms with van der Waals surface area (Å²) >= 11 is 4.70. The van der Waals surface area contributed by atoms with Crippen molar-refractivity contribution < 1.29 is 0 Å². The third-order valence-corrected chi connectivity index (χ3v) is 3.64. The van der Waals surface area contributed by atoms with Gasteiger partial charge < -0.3 is 0 Å². The van der Waals surface area contributed by atoms with Gasteiger partial charge in [0.15, 0.2) is 0 Å². The van der Waals surface area contributed by atoms with Gasteiger partial charge in [-0.15, -0.1) is 5.10 Å². The van der Waals surface area contributed by atoms with E-state index in [0.29, 0.717) is 10.6 Å². The van der Waals surface area contributed by atoms with Crippen LogP contribution in [0.4, 0.5) is 0 Å². The Balaban J connectivity index is 2.35. The van der Waals surface area contributed by atoms with Gasteiger partial charge in [0.25, 0.3) is 0 Å². The van der Waals surface area contributed by atoms with Gasteiger partial charge in [-0.2, -0.15) is 10.4 Å². The normalized spacial score (nSPS) is 9.75. The van der Waals surface area contributed by atoms with E-state index in [1.165, 1.54) is 18.0 Å². The van der Waals surface area contributed by atoms with Crippen LogP contribution in [0.25, 0.3) is 0 Å². The van der Waals surface area contributed by atoms with E-state index in [9.17, 15) is 0 Å². The molecule has 0 aliphatic carbocycles. The van der Waals surface area contributed by atoms with Crippen molar-refractivity contribution in [3.8, 4) is 6.07 Å². The highest BCUT2D eigenvalue weighted by atomic mass is 79.9. The lowest BCUT2D eigenvalue weighted by Crippen LogP contribution is -1.90. The third kappa shape index (κ3) is 2.38. The summed E-state index contributed by atoms with van der Waals surface area (Å²) in [7, 11) is 0. The average Bonchev–Trinajstić information content (AvgIpc) is 2.33. The lowest BCUT2D eigenvalue weighted by molar-refractivity contribution is 0.916. The van der Waals surface area contributed by atoms with Crippen LogP contribution in [0.5, 0.6) is 0 Å². The van der Waals surface area contributed by atoms with E-state index >= 15 is 0 Å². The molecule has 0 atom stereocenters. The molecular weight excluding hydrogens is 288 g/mol. The van der Waals surface area contributed by atoms with Crippen LogP contribution in [0.3, 0.4) is 0 Å². The van der Waals surface area contributed by atoms with Crippen LogP contribution in [0.2, 0.25) is 0 Å². The molecular formula is C10H5BrN4S. The maximum atomic E-state index is 8.90. The SMILES string of the molecule is N#Cc1ccnnc1Sc1ncccc1Br. The summed E-state index contributed by atoms with van der Waals surface area (Å²) in [6.07, 6.45) is 3.19. The Labute approximate surface area is 105 Å². The highest BCUT2D eigenvalue weighted by molar-refractivity contribution is 9.10. The maximum Gasteiger partial charge on any atom is 0.143 e. The molecule has 0 saturated heterocycles. The summed E-state index contributed by atoms with van der Waals surface area (Å²) in [6, 6.07) is 7.42. The van der Waals surface area contributed by atoms with Crippen molar-refractivity contribution in [1.82, 2.24) is 15.2 Å². The standard InChI is InChI=1S/C10H5BrN4S/c11-8-2-1-4-13-10(8)16-9-7(6-12)3-5-14-15-9/h1-5H. The molecule has 78 valence electrons. The molecule has 0 radical (unpaired) electrons. The number of nitrogens with zero attached hydrogens (tertiary/aromatic N) is 4. The predicted octanol–water partition coefficient (Wildman–Crippen LogP) is 2.66. The molecule has 0 aromatic carbocycles. The molecule has 6 heteroatoms. The Morgan fingerprint density at radius 2 is 2.12 bits per heavy atom. The van der Waals surface area contributed by atoms with Crippen LogP contribution in [-0.2, 0) is 0 Å². The maximum absolute atomic E-state index is 8.90. The Kier molecular flexibility index (Phi) is 3.49. The van der Waals surface area contributed by atoms with Crippen molar-refractivity contribution in [3.05, 3.63) is 40.6 Å². The monoisotopic (exact) mass is 292 g/mol. The highest BCUT2D eigenvalue weighted by Crippen LogP contribution is 2.31. The van der Waals surface area contributed by atoms with Crippen LogP contribution in [-0.4, -0.2) is 15.2 Å². The lowest BCUT2D eigenvalue weighted by atomic mass is 10.3. The van der Waals surface area contributed by atoms with Gasteiger partial charge in [0.05, 0.1) is 16.2 Å². The lowest BCUT2D eigenvalue weighted by Gasteiger charge is -2.02. The van der Waals surface area contributed by atoms with Crippen molar-refractivity contribution in [2.45, 2.75) is 10.1 Å². The number of rotatable bonds is 2. The van der Waals surface area contributed by atoms with E-state index in [1.54, 1.807) is 12.3 Å². The molecule has 0 aliphatic rings. The fourth-order valence-electron chi connectivity index (χ4n) is 1.02. The molecule has 0 aliphatic heterocycles. The van der Waals surface area contributed by atoms with Crippen molar-refractivity contribution in [1.29, 1.82) is 5.26 Å². The summed E-state index contributed by atoms with van der Waals surface area (Å²) in [5.41, 5.74) is 0.498. The molecule has 0 fully saturated rings. The van der Waals surface area contributed by atoms with Crippen LogP contribution in [0, 0.1) is 11.3 Å². The second-order valence-electron chi connectivity index (χ2n) is 2.75. The minimum absolute atomic E-state index is 0.498. The van der Waals surface area contributed by atoms with Gasteiger partial charge in [-0.05, 0) is 45.9 Å². The summed E-state index contributed by atoms with van der Waals surface area (Å²) in [4.78, 5) is 4.19. The fourth-order valence-corrected chi connectivity index (χ4v) is 2.29. The van der Waals surface area contributed by atoms with Gasteiger partial charge in [0, 0.05) is 6.20 Å². The summed E-state index contributed by atoms with van der Waals surface area (Å²) in [6.45, 7) is 0. The van der Waals surface area contributed by atoms with Crippen LogP contribution < -0.4 is 0 Å². The third-order valence-electron chi connectivity index (χ3n) is 1.73. The Bertz CT molecular complexity index is 553. The second kappa shape index (κ2) is 5.05. The van der Waals surface area contributed by atoms with E-state index in [2.05, 4.69) is 37.2 Å². The molecule has 0 N–H and O–H groups in total. The molecule has 2 heterocycles. The first-order valence-corrected chi connectivity index (χ1v) is 5.92. The van der Waals surface area contributed by atoms with E-state index in [4.69, 9.17) is 5.26 Å². The number of pyridine rings is 1. The molecule has 0 spiro atoms. The predicted molar refractivity (Wildman–Crippen MR) is 62.8 cm³/mol. The van der Waals surface area contributed by atoms with E-state index in [0.717, 1.165) is 9.50 Å². The minimum Gasteiger partial charge on any atom is -0.248 e. The zero-order chi connectivity index (χ0) is 11.4. The highest BCUT2D eigenvalue weighted by Gasteiger charge is 2.08. The number of nitriles is 1. The topological polar surface area (TPSA) is 62.5 Å². The summed E-state index contributed by atoms with van der Waals surface area (Å²) in [5.74, 6) is 0. The largest absolute Gasteiger partial charge is 0.248 e. The second-order valence-corrected chi connectivity index (χ2v) is 4.59. The molecule has 2 aromatic rings. The summed E-state index contributed by atoms with van der Waals surface area (Å²) < 4.78 is 0.870. The molecule has 2 aromatic heterocycles. The van der Waals surface area contributed by atoms with Gasteiger partial charge in [0.1, 0.15) is 16.1 Å². The Morgan fingerprint density at radius 1 is 1.25 bits per heavy atom. The quantitative estimate of drug-likeness (QED) is 0.851. The number of hydrogen-bond donors (Lipinski definition) is 0. The van der Waals surface area contributed by atoms with Gasteiger partial charge in [-0.3, -0.25) is 0 Å². The average molecular weight is 293 g/mol. The first kappa shape index (κ1) is 11.0. The zero-order valence-electron chi connectivity index (χ0n) is 7.96. The Hall–Kier alpha value is -1.45. The molecule has 0 saturated carbocycles. The van der Waals surface area contributed by atoms with Crippen molar-refractivity contribution >= 4 is 27.7 Å². The number of halogens is 1. The fraction of sp³-hybridized carbons (Fsp3) is 0. The molecule has 2 rings (SSSR count). The Morgan fingerprint density at radius 3 is 2.88 bits per heavy atom. The van der Waals surface area contributed by atoms with Gasteiger partial charge >= 0.3 is 0 Å². The molecule has 4 nitrogen and oxygen atoms in total. The van der Waals surface area contributed by atoms with Gasteiger partial charge in [-0.1, -0.05) is 0 Å². The molecule has 0 bridgehead atoms. The van der Waals surface area contributed by atoms with E-state index in [-0.39, 0.29) is 0 Å². The first-order valence-electron chi connectivity index (χ1n) is 4.31. The van der Waals surface area contributed by atoms with Crippen molar-refractivity contribution in [2.24, 2.45) is 0 Å². The van der Waals surface area contributed by atoms with Gasteiger partial charge in [0.2, 0.25) is 0 Å². The van der Waals surface area contributed by atoms with Crippen LogP contribution in [0.1, 0.15) is 5.56 Å². The van der Waals surface area contributed by atoms with Crippen LogP contribution in [0.15, 0.2) is 45.1 Å². The van der Waals surface area contributed by atoms with Crippen molar-refractivity contribution in [2.75, 3.05) is 0 Å². The summed E-state index contributed by atoms with van der Waals surface area (Å²) in [5, 5.41) is 17.9. The minimum atomic E-state index is 0.498. The van der Waals surface area contributed by atoms with E-state index < -0.39 is 0 Å².